The van der Waals surface area contributed by atoms with Gasteiger partial charge in [-0.1, -0.05) is 57.2 Å². The molecule has 3 N–H and O–H groups in total. The predicted octanol–water partition coefficient (Wildman–Crippen LogP) is 6.19. The summed E-state index contributed by atoms with van der Waals surface area (Å²) in [5, 5.41) is 3.14. The van der Waals surface area contributed by atoms with Gasteiger partial charge < -0.3 is 11.1 Å². The zero-order valence-electron chi connectivity index (χ0n) is 19.8. The number of rotatable bonds is 8. The molecule has 1 aromatic carbocycles. The second-order valence-corrected chi connectivity index (χ2v) is 8.82. The zero-order chi connectivity index (χ0) is 23.3. The Balaban J connectivity index is 1.80. The van der Waals surface area contributed by atoms with Crippen LogP contribution in [0.25, 0.3) is 11.1 Å². The lowest BCUT2D eigenvalue weighted by molar-refractivity contribution is -0.114. The van der Waals surface area contributed by atoms with Gasteiger partial charge in [-0.15, -0.1) is 0 Å². The Labute approximate surface area is 193 Å². The van der Waals surface area contributed by atoms with Crippen molar-refractivity contribution in [2.45, 2.75) is 52.9 Å². The van der Waals surface area contributed by atoms with Crippen LogP contribution in [0.1, 0.15) is 62.6 Å². The van der Waals surface area contributed by atoms with E-state index < -0.39 is 0 Å². The number of hydrogen-bond donors (Lipinski definition) is 2. The minimum Gasteiger partial charge on any atom is -0.378 e. The van der Waals surface area contributed by atoms with Crippen molar-refractivity contribution in [3.63, 3.8) is 0 Å². The molecular formula is C29H36N2O. The molecule has 0 bridgehead atoms. The lowest BCUT2D eigenvalue weighted by Gasteiger charge is -2.14. The Morgan fingerprint density at radius 2 is 2.00 bits per heavy atom. The van der Waals surface area contributed by atoms with E-state index in [1.807, 2.05) is 6.92 Å². The summed E-state index contributed by atoms with van der Waals surface area (Å²) in [4.78, 5) is 12.3. The molecule has 1 aliphatic carbocycles. The molecule has 0 radical (unpaired) electrons. The molecule has 1 heterocycles. The topological polar surface area (TPSA) is 55.1 Å². The third kappa shape index (κ3) is 5.28. The van der Waals surface area contributed by atoms with Crippen LogP contribution < -0.4 is 11.1 Å². The third-order valence-electron chi connectivity index (χ3n) is 6.48. The van der Waals surface area contributed by atoms with E-state index in [9.17, 15) is 4.79 Å². The number of nitrogens with two attached hydrogens (primary N) is 1. The second-order valence-electron chi connectivity index (χ2n) is 8.82. The van der Waals surface area contributed by atoms with E-state index in [-0.39, 0.29) is 18.9 Å². The van der Waals surface area contributed by atoms with E-state index in [1.54, 1.807) is 0 Å². The molecule has 3 nitrogen and oxygen atoms in total. The largest absolute Gasteiger partial charge is 0.378 e. The minimum atomic E-state index is 0.0418. The molecule has 1 aromatic rings. The van der Waals surface area contributed by atoms with E-state index in [1.165, 1.54) is 52.7 Å². The molecule has 0 saturated carbocycles. The molecule has 1 aliphatic heterocycles. The van der Waals surface area contributed by atoms with Crippen LogP contribution in [0.5, 0.6) is 0 Å². The van der Waals surface area contributed by atoms with Gasteiger partial charge in [0.1, 0.15) is 0 Å². The molecule has 2 aliphatic rings. The van der Waals surface area contributed by atoms with Crippen LogP contribution in [0.2, 0.25) is 0 Å². The van der Waals surface area contributed by atoms with E-state index in [0.29, 0.717) is 5.57 Å². The number of carbonyl (C=O) groups excluding carboxylic acids is 1. The highest BCUT2D eigenvalue weighted by Gasteiger charge is 2.21. The Bertz CT molecular complexity index is 1060. The van der Waals surface area contributed by atoms with Crippen molar-refractivity contribution in [1.82, 2.24) is 5.32 Å². The van der Waals surface area contributed by atoms with E-state index >= 15 is 0 Å². The lowest BCUT2D eigenvalue weighted by Crippen LogP contribution is -2.23. The molecule has 168 valence electrons. The van der Waals surface area contributed by atoms with Gasteiger partial charge in [0, 0.05) is 23.4 Å². The summed E-state index contributed by atoms with van der Waals surface area (Å²) in [7, 11) is 0. The maximum absolute atomic E-state index is 12.3. The second kappa shape index (κ2) is 10.6. The standard InChI is InChI=1S/C29H36N2O/c1-6-7-8-9-19(2)26-16-25(12-10-20(26)3)24-13-11-23(14-24)15-27-21(4)28(17-30)29(32)18-31-22(27)5/h10-13,15-16,31H,2,5-9,14,17-18,30H2,1,3-4H3/b27-15-. The maximum Gasteiger partial charge on any atom is 0.179 e. The number of unbranched alkanes of at least 4 members (excludes halogenated alkanes) is 2. The Morgan fingerprint density at radius 1 is 1.22 bits per heavy atom. The number of aryl methyl sites for hydroxylation is 1. The van der Waals surface area contributed by atoms with Crippen LogP contribution in [0.15, 0.2) is 77.6 Å². The number of hydrogen-bond acceptors (Lipinski definition) is 3. The predicted molar refractivity (Wildman–Crippen MR) is 137 cm³/mol. The molecule has 3 heteroatoms. The number of benzene rings is 1. The molecule has 0 fully saturated rings. The molecule has 0 saturated heterocycles. The molecule has 0 aromatic heterocycles. The molecule has 0 amide bonds. The quantitative estimate of drug-likeness (QED) is 0.485. The van der Waals surface area contributed by atoms with Crippen molar-refractivity contribution in [3.05, 3.63) is 94.3 Å². The fraction of sp³-hybridized carbons (Fsp3) is 0.345. The van der Waals surface area contributed by atoms with Gasteiger partial charge >= 0.3 is 0 Å². The molecular weight excluding hydrogens is 392 g/mol. The molecule has 0 unspecified atom stereocenters. The lowest BCUT2D eigenvalue weighted by atomic mass is 9.92. The maximum atomic E-state index is 12.3. The average molecular weight is 429 g/mol. The smallest absolute Gasteiger partial charge is 0.179 e. The minimum absolute atomic E-state index is 0.0418. The third-order valence-corrected chi connectivity index (χ3v) is 6.48. The van der Waals surface area contributed by atoms with Crippen LogP contribution in [0.3, 0.4) is 0 Å². The van der Waals surface area contributed by atoms with E-state index in [4.69, 9.17) is 5.73 Å². The van der Waals surface area contributed by atoms with Crippen molar-refractivity contribution < 1.29 is 4.79 Å². The molecule has 3 rings (SSSR count). The van der Waals surface area contributed by atoms with Gasteiger partial charge in [0.2, 0.25) is 0 Å². The fourth-order valence-corrected chi connectivity index (χ4v) is 4.40. The van der Waals surface area contributed by atoms with E-state index in [2.05, 4.69) is 68.7 Å². The van der Waals surface area contributed by atoms with Gasteiger partial charge in [-0.3, -0.25) is 4.79 Å². The van der Waals surface area contributed by atoms with Crippen LogP contribution in [0, 0.1) is 6.92 Å². The highest BCUT2D eigenvalue weighted by Crippen LogP contribution is 2.34. The van der Waals surface area contributed by atoms with Crippen molar-refractivity contribution in [2.75, 3.05) is 13.1 Å². The van der Waals surface area contributed by atoms with E-state index in [0.717, 1.165) is 29.7 Å². The van der Waals surface area contributed by atoms with Gasteiger partial charge in [-0.2, -0.15) is 0 Å². The van der Waals surface area contributed by atoms with Gasteiger partial charge in [0.05, 0.1) is 6.54 Å². The highest BCUT2D eigenvalue weighted by atomic mass is 16.1. The monoisotopic (exact) mass is 428 g/mol. The first-order valence-corrected chi connectivity index (χ1v) is 11.6. The van der Waals surface area contributed by atoms with Gasteiger partial charge in [-0.25, -0.2) is 0 Å². The summed E-state index contributed by atoms with van der Waals surface area (Å²) in [6, 6.07) is 6.70. The Morgan fingerprint density at radius 3 is 2.72 bits per heavy atom. The summed E-state index contributed by atoms with van der Waals surface area (Å²) in [6.45, 7) is 15.3. The summed E-state index contributed by atoms with van der Waals surface area (Å²) >= 11 is 0. The van der Waals surface area contributed by atoms with Crippen LogP contribution in [-0.4, -0.2) is 18.9 Å². The van der Waals surface area contributed by atoms with Crippen LogP contribution in [-0.2, 0) is 4.79 Å². The summed E-state index contributed by atoms with van der Waals surface area (Å²) in [5.41, 5.74) is 16.7. The van der Waals surface area contributed by atoms with Crippen LogP contribution in [0.4, 0.5) is 0 Å². The Hall–Kier alpha value is -2.91. The number of Topliss-reactive ketones (excluding diaryl/α,β-unsaturated/α-hetero) is 1. The first-order valence-electron chi connectivity index (χ1n) is 11.6. The van der Waals surface area contributed by atoms with Crippen molar-refractivity contribution >= 4 is 16.9 Å². The molecule has 0 atom stereocenters. The first kappa shape index (κ1) is 23.7. The van der Waals surface area contributed by atoms with Crippen molar-refractivity contribution in [3.8, 4) is 0 Å². The SMILES string of the molecule is C=C1NCC(=O)C(CN)=C(C)/C1=C/C1=CC=C(c2ccc(C)c(C(=C)CCCCC)c2)C1. The molecule has 32 heavy (non-hydrogen) atoms. The normalized spacial score (nSPS) is 17.9. The average Bonchev–Trinajstić information content (AvgIpc) is 3.21. The van der Waals surface area contributed by atoms with Gasteiger partial charge in [0.25, 0.3) is 0 Å². The summed E-state index contributed by atoms with van der Waals surface area (Å²) in [6.07, 6.45) is 12.1. The number of carbonyl (C=O) groups is 1. The number of ketones is 1. The Kier molecular flexibility index (Phi) is 7.87. The number of nitrogens with one attached hydrogen (secondary N) is 1. The highest BCUT2D eigenvalue weighted by molar-refractivity contribution is 6.00. The van der Waals surface area contributed by atoms with Crippen molar-refractivity contribution in [2.24, 2.45) is 5.73 Å². The fourth-order valence-electron chi connectivity index (χ4n) is 4.40. The summed E-state index contributed by atoms with van der Waals surface area (Å²) < 4.78 is 0. The van der Waals surface area contributed by atoms with Gasteiger partial charge in [0.15, 0.2) is 5.78 Å². The van der Waals surface area contributed by atoms with Gasteiger partial charge in [-0.05, 0) is 84.2 Å². The zero-order valence-corrected chi connectivity index (χ0v) is 19.8. The summed E-state index contributed by atoms with van der Waals surface area (Å²) in [5.74, 6) is 0.0418. The molecule has 0 spiro atoms. The van der Waals surface area contributed by atoms with Crippen LogP contribution >= 0.6 is 0 Å². The number of allylic oxidation sites excluding steroid dienone is 7. The van der Waals surface area contributed by atoms with Crippen molar-refractivity contribution in [1.29, 1.82) is 0 Å². The first-order chi connectivity index (χ1) is 15.3.